The van der Waals surface area contributed by atoms with Gasteiger partial charge in [0.25, 0.3) is 11.8 Å². The molecule has 1 aliphatic rings. The Hall–Kier alpha value is -3.29. The lowest BCUT2D eigenvalue weighted by Crippen LogP contribution is -2.59. The molecule has 0 aromatic heterocycles. The van der Waals surface area contributed by atoms with Crippen LogP contribution >= 0.6 is 0 Å². The monoisotopic (exact) mass is 541 g/mol. The molecule has 212 valence electrons. The first kappa shape index (κ1) is 30.3. The molecule has 0 radical (unpaired) electrons. The third kappa shape index (κ3) is 7.64. The van der Waals surface area contributed by atoms with Crippen molar-refractivity contribution in [3.63, 3.8) is 0 Å². The summed E-state index contributed by atoms with van der Waals surface area (Å²) in [5.74, 6) is -3.78. The first-order valence-corrected chi connectivity index (χ1v) is 13.5. The predicted octanol–water partition coefficient (Wildman–Crippen LogP) is 5.74. The van der Waals surface area contributed by atoms with Crippen LogP contribution in [0.25, 0.3) is 0 Å². The SMILES string of the molecule is CC(C)(C)NC(=O)C(C)(C)c1ccc(C(=O)NC2(C(=O)NCc3cccc(C(C)(F)F)c3)CCCCC2)cc1. The van der Waals surface area contributed by atoms with E-state index in [4.69, 9.17) is 0 Å². The van der Waals surface area contributed by atoms with Crippen LogP contribution in [-0.2, 0) is 27.5 Å². The lowest BCUT2D eigenvalue weighted by molar-refractivity contribution is -0.129. The van der Waals surface area contributed by atoms with Gasteiger partial charge in [0, 0.05) is 30.1 Å². The van der Waals surface area contributed by atoms with E-state index in [1.165, 1.54) is 12.1 Å². The third-order valence-corrected chi connectivity index (χ3v) is 7.31. The molecule has 6 nitrogen and oxygen atoms in total. The summed E-state index contributed by atoms with van der Waals surface area (Å²) in [6.45, 7) is 10.4. The van der Waals surface area contributed by atoms with Crippen molar-refractivity contribution in [3.05, 3.63) is 70.8 Å². The van der Waals surface area contributed by atoms with Crippen molar-refractivity contribution in [3.8, 4) is 0 Å². The van der Waals surface area contributed by atoms with Gasteiger partial charge in [-0.05, 0) is 76.8 Å². The molecule has 3 amide bonds. The average molecular weight is 542 g/mol. The van der Waals surface area contributed by atoms with Crippen molar-refractivity contribution in [2.24, 2.45) is 0 Å². The minimum Gasteiger partial charge on any atom is -0.351 e. The minimum absolute atomic E-state index is 0.0841. The van der Waals surface area contributed by atoms with E-state index in [0.29, 0.717) is 24.0 Å². The van der Waals surface area contributed by atoms with Gasteiger partial charge in [-0.2, -0.15) is 0 Å². The minimum atomic E-state index is -2.97. The summed E-state index contributed by atoms with van der Waals surface area (Å²) in [5, 5.41) is 8.85. The number of halogens is 2. The number of carbonyl (C=O) groups is 3. The number of hydrogen-bond donors (Lipinski definition) is 3. The van der Waals surface area contributed by atoms with E-state index in [9.17, 15) is 23.2 Å². The van der Waals surface area contributed by atoms with Gasteiger partial charge >= 0.3 is 0 Å². The maximum absolute atomic E-state index is 13.7. The van der Waals surface area contributed by atoms with E-state index in [2.05, 4.69) is 16.0 Å². The molecule has 0 heterocycles. The molecule has 2 aromatic rings. The van der Waals surface area contributed by atoms with Crippen molar-refractivity contribution < 1.29 is 23.2 Å². The van der Waals surface area contributed by atoms with Crippen LogP contribution in [0.15, 0.2) is 48.5 Å². The Morgan fingerprint density at radius 3 is 2.03 bits per heavy atom. The van der Waals surface area contributed by atoms with Gasteiger partial charge in [0.15, 0.2) is 0 Å². The van der Waals surface area contributed by atoms with Crippen LogP contribution in [0, 0.1) is 0 Å². The van der Waals surface area contributed by atoms with Crippen molar-refractivity contribution in [1.29, 1.82) is 0 Å². The maximum atomic E-state index is 13.7. The molecule has 3 N–H and O–H groups in total. The van der Waals surface area contributed by atoms with Gasteiger partial charge in [0.2, 0.25) is 11.8 Å². The number of rotatable bonds is 8. The van der Waals surface area contributed by atoms with Gasteiger partial charge in [-0.25, -0.2) is 8.78 Å². The largest absolute Gasteiger partial charge is 0.351 e. The van der Waals surface area contributed by atoms with Crippen molar-refractivity contribution in [1.82, 2.24) is 16.0 Å². The molecule has 3 rings (SSSR count). The molecule has 0 atom stereocenters. The molecular weight excluding hydrogens is 500 g/mol. The van der Waals surface area contributed by atoms with Gasteiger partial charge in [-0.15, -0.1) is 0 Å². The highest BCUT2D eigenvalue weighted by molar-refractivity contribution is 5.99. The molecule has 0 aliphatic heterocycles. The van der Waals surface area contributed by atoms with Crippen LogP contribution in [0.2, 0.25) is 0 Å². The zero-order valence-electron chi connectivity index (χ0n) is 23.8. The second kappa shape index (κ2) is 11.4. The molecule has 0 spiro atoms. The zero-order valence-corrected chi connectivity index (χ0v) is 23.8. The van der Waals surface area contributed by atoms with E-state index in [1.807, 2.05) is 34.6 Å². The van der Waals surface area contributed by atoms with E-state index in [1.54, 1.807) is 36.4 Å². The summed E-state index contributed by atoms with van der Waals surface area (Å²) in [4.78, 5) is 39.5. The number of hydrogen-bond acceptors (Lipinski definition) is 3. The van der Waals surface area contributed by atoms with E-state index in [0.717, 1.165) is 31.7 Å². The van der Waals surface area contributed by atoms with Crippen LogP contribution in [0.5, 0.6) is 0 Å². The summed E-state index contributed by atoms with van der Waals surface area (Å²) >= 11 is 0. The molecule has 0 bridgehead atoms. The highest BCUT2D eigenvalue weighted by Gasteiger charge is 2.41. The molecule has 1 aliphatic carbocycles. The van der Waals surface area contributed by atoms with Gasteiger partial charge in [-0.3, -0.25) is 14.4 Å². The van der Waals surface area contributed by atoms with E-state index in [-0.39, 0.29) is 35.4 Å². The van der Waals surface area contributed by atoms with Gasteiger partial charge in [0.05, 0.1) is 5.41 Å². The van der Waals surface area contributed by atoms with Crippen molar-refractivity contribution in [2.45, 2.75) is 103 Å². The van der Waals surface area contributed by atoms with Crippen molar-refractivity contribution in [2.75, 3.05) is 0 Å². The second-order valence-corrected chi connectivity index (χ2v) is 12.3. The van der Waals surface area contributed by atoms with Crippen molar-refractivity contribution >= 4 is 17.7 Å². The zero-order chi connectivity index (χ0) is 29.1. The average Bonchev–Trinajstić information content (AvgIpc) is 2.86. The summed E-state index contributed by atoms with van der Waals surface area (Å²) < 4.78 is 27.5. The van der Waals surface area contributed by atoms with Crippen LogP contribution in [-0.4, -0.2) is 28.8 Å². The predicted molar refractivity (Wildman–Crippen MR) is 149 cm³/mol. The normalized spacial score (nSPS) is 15.8. The molecule has 1 fully saturated rings. The summed E-state index contributed by atoms with van der Waals surface area (Å²) in [7, 11) is 0. The molecule has 2 aromatic carbocycles. The summed E-state index contributed by atoms with van der Waals surface area (Å²) in [6, 6.07) is 12.8. The second-order valence-electron chi connectivity index (χ2n) is 12.3. The molecular formula is C31H41F2N3O3. The van der Waals surface area contributed by atoms with E-state index >= 15 is 0 Å². The van der Waals surface area contributed by atoms with Crippen LogP contribution in [0.4, 0.5) is 8.78 Å². The Labute approximate surface area is 230 Å². The Morgan fingerprint density at radius 1 is 0.846 bits per heavy atom. The molecule has 0 unspecified atom stereocenters. The fourth-order valence-corrected chi connectivity index (χ4v) is 4.83. The number of nitrogens with one attached hydrogen (secondary N) is 3. The van der Waals surface area contributed by atoms with Gasteiger partial charge < -0.3 is 16.0 Å². The number of amides is 3. The maximum Gasteiger partial charge on any atom is 0.270 e. The standard InChI is InChI=1S/C31H41F2N3O3/c1-28(2,3)36-26(38)29(4,5)23-15-13-22(14-16-23)25(37)35-31(17-8-7-9-18-31)27(39)34-20-21-11-10-12-24(19-21)30(6,32)33/h10-16,19H,7-9,17-18,20H2,1-6H3,(H,34,39)(H,35,37)(H,36,38). The Balaban J connectivity index is 1.73. The van der Waals surface area contributed by atoms with E-state index < -0.39 is 16.9 Å². The first-order valence-electron chi connectivity index (χ1n) is 13.5. The lowest BCUT2D eigenvalue weighted by Gasteiger charge is -2.36. The Morgan fingerprint density at radius 2 is 1.46 bits per heavy atom. The third-order valence-electron chi connectivity index (χ3n) is 7.31. The van der Waals surface area contributed by atoms with Crippen LogP contribution in [0.3, 0.4) is 0 Å². The van der Waals surface area contributed by atoms with Gasteiger partial charge in [-0.1, -0.05) is 49.6 Å². The Kier molecular flexibility index (Phi) is 8.88. The first-order chi connectivity index (χ1) is 18.0. The number of carbonyl (C=O) groups excluding carboxylic acids is 3. The quantitative estimate of drug-likeness (QED) is 0.398. The molecule has 39 heavy (non-hydrogen) atoms. The smallest absolute Gasteiger partial charge is 0.270 e. The molecule has 1 saturated carbocycles. The van der Waals surface area contributed by atoms with Crippen LogP contribution < -0.4 is 16.0 Å². The lowest BCUT2D eigenvalue weighted by atomic mass is 9.80. The Bertz CT molecular complexity index is 1190. The van der Waals surface area contributed by atoms with Gasteiger partial charge in [0.1, 0.15) is 5.54 Å². The number of benzene rings is 2. The highest BCUT2D eigenvalue weighted by atomic mass is 19.3. The summed E-state index contributed by atoms with van der Waals surface area (Å²) in [6.07, 6.45) is 3.55. The fourth-order valence-electron chi connectivity index (χ4n) is 4.83. The molecule has 8 heteroatoms. The fraction of sp³-hybridized carbons (Fsp3) is 0.516. The molecule has 0 saturated heterocycles. The topological polar surface area (TPSA) is 87.3 Å². The van der Waals surface area contributed by atoms with Crippen LogP contribution in [0.1, 0.15) is 101 Å². The summed E-state index contributed by atoms with van der Waals surface area (Å²) in [5.41, 5.74) is -0.636. The highest BCUT2D eigenvalue weighted by Crippen LogP contribution is 2.31. The number of alkyl halides is 2.